The third-order valence-corrected chi connectivity index (χ3v) is 6.63. The Bertz CT molecular complexity index is 1810. The fourth-order valence-electron chi connectivity index (χ4n) is 4.77. The first-order valence-corrected chi connectivity index (χ1v) is 11.9. The highest BCUT2D eigenvalue weighted by Gasteiger charge is 2.18. The Hall–Kier alpha value is -5.21. The van der Waals surface area contributed by atoms with Crippen molar-refractivity contribution < 1.29 is 5.11 Å². The Balaban J connectivity index is 1.50. The van der Waals surface area contributed by atoms with Crippen molar-refractivity contribution in [2.75, 3.05) is 0 Å². The number of phenolic OH excluding ortho intramolecular Hbond substituents is 1. The first kappa shape index (κ1) is 22.3. The number of benzene rings is 4. The molecule has 2 aromatic heterocycles. The first-order valence-electron chi connectivity index (χ1n) is 11.9. The number of hydrogen-bond acceptors (Lipinski definition) is 4. The fraction of sp³-hybridized carbons (Fsp3) is 0.0312. The van der Waals surface area contributed by atoms with Crippen LogP contribution in [0.3, 0.4) is 0 Å². The van der Waals surface area contributed by atoms with E-state index >= 15 is 0 Å². The standard InChI is InChI=1S/C32H22N4O/c1-36-28-14-6-13-26(23-10-5-11-24(18-23)30-25(20-33)12-7-17-34-30)31(28)35-32(36)27-19-22(15-16-29(27)37)21-8-3-2-4-9-21/h2-19,37H,1H3. The van der Waals surface area contributed by atoms with E-state index in [4.69, 9.17) is 4.98 Å². The molecule has 0 saturated heterocycles. The lowest BCUT2D eigenvalue weighted by molar-refractivity contribution is 0.476. The van der Waals surface area contributed by atoms with Gasteiger partial charge in [-0.1, -0.05) is 66.7 Å². The zero-order valence-electron chi connectivity index (χ0n) is 20.1. The third-order valence-electron chi connectivity index (χ3n) is 6.63. The van der Waals surface area contributed by atoms with E-state index in [0.29, 0.717) is 22.6 Å². The molecule has 0 aliphatic rings. The molecule has 0 saturated carbocycles. The predicted octanol–water partition coefficient (Wildman–Crippen LogP) is 7.21. The number of aromatic nitrogens is 3. The second-order valence-electron chi connectivity index (χ2n) is 8.86. The maximum atomic E-state index is 10.8. The third kappa shape index (κ3) is 3.91. The molecule has 0 aliphatic heterocycles. The lowest BCUT2D eigenvalue weighted by Gasteiger charge is -2.08. The van der Waals surface area contributed by atoms with E-state index in [1.54, 1.807) is 24.4 Å². The maximum absolute atomic E-state index is 10.8. The van der Waals surface area contributed by atoms with Crippen molar-refractivity contribution in [3.05, 3.63) is 115 Å². The van der Waals surface area contributed by atoms with Crippen LogP contribution in [0, 0.1) is 11.3 Å². The summed E-state index contributed by atoms with van der Waals surface area (Å²) in [4.78, 5) is 9.47. The highest BCUT2D eigenvalue weighted by Crippen LogP contribution is 2.37. The summed E-state index contributed by atoms with van der Waals surface area (Å²) >= 11 is 0. The van der Waals surface area contributed by atoms with E-state index in [-0.39, 0.29) is 5.75 Å². The molecule has 0 fully saturated rings. The molecule has 5 heteroatoms. The molecule has 176 valence electrons. The molecule has 0 amide bonds. The smallest absolute Gasteiger partial charge is 0.144 e. The van der Waals surface area contributed by atoms with Crippen LogP contribution in [0.25, 0.3) is 55.9 Å². The number of para-hydroxylation sites is 1. The SMILES string of the molecule is Cn1c(-c2cc(-c3ccccc3)ccc2O)nc2c(-c3cccc(-c4ncccc4C#N)c3)cccc21. The van der Waals surface area contributed by atoms with Gasteiger partial charge in [-0.05, 0) is 53.1 Å². The number of hydrogen-bond donors (Lipinski definition) is 1. The molecule has 0 spiro atoms. The van der Waals surface area contributed by atoms with Gasteiger partial charge >= 0.3 is 0 Å². The number of rotatable bonds is 4. The topological polar surface area (TPSA) is 74.7 Å². The second kappa shape index (κ2) is 9.10. The summed E-state index contributed by atoms with van der Waals surface area (Å²) in [7, 11) is 1.96. The minimum atomic E-state index is 0.181. The minimum absolute atomic E-state index is 0.181. The van der Waals surface area contributed by atoms with E-state index in [1.165, 1.54) is 0 Å². The van der Waals surface area contributed by atoms with Crippen LogP contribution in [0.1, 0.15) is 5.56 Å². The molecule has 1 N–H and O–H groups in total. The van der Waals surface area contributed by atoms with Gasteiger partial charge in [0, 0.05) is 24.4 Å². The summed E-state index contributed by atoms with van der Waals surface area (Å²) in [6.45, 7) is 0. The number of nitrogens with zero attached hydrogens (tertiary/aromatic N) is 4. The van der Waals surface area contributed by atoms with E-state index in [0.717, 1.165) is 38.9 Å². The number of aromatic hydroxyl groups is 1. The second-order valence-corrected chi connectivity index (χ2v) is 8.86. The molecule has 0 aliphatic carbocycles. The molecule has 5 nitrogen and oxygen atoms in total. The van der Waals surface area contributed by atoms with Gasteiger partial charge < -0.3 is 9.67 Å². The Morgan fingerprint density at radius 3 is 2.35 bits per heavy atom. The molecule has 0 atom stereocenters. The van der Waals surface area contributed by atoms with Crippen LogP contribution in [0.15, 0.2) is 109 Å². The Kier molecular flexibility index (Phi) is 5.48. The molecule has 0 bridgehead atoms. The van der Waals surface area contributed by atoms with E-state index in [2.05, 4.69) is 23.2 Å². The van der Waals surface area contributed by atoms with Gasteiger partial charge in [-0.25, -0.2) is 4.98 Å². The number of nitriles is 1. The number of pyridine rings is 1. The van der Waals surface area contributed by atoms with Gasteiger partial charge in [-0.3, -0.25) is 4.98 Å². The van der Waals surface area contributed by atoms with Gasteiger partial charge in [-0.2, -0.15) is 5.26 Å². The molecule has 4 aromatic carbocycles. The Morgan fingerprint density at radius 1 is 0.730 bits per heavy atom. The van der Waals surface area contributed by atoms with Crippen molar-refractivity contribution in [2.45, 2.75) is 0 Å². The lowest BCUT2D eigenvalue weighted by Crippen LogP contribution is -1.93. The molecule has 0 unspecified atom stereocenters. The summed E-state index contributed by atoms with van der Waals surface area (Å²) in [5.74, 6) is 0.867. The van der Waals surface area contributed by atoms with Gasteiger partial charge in [0.2, 0.25) is 0 Å². The molecule has 6 aromatic rings. The van der Waals surface area contributed by atoms with Gasteiger partial charge in [0.25, 0.3) is 0 Å². The van der Waals surface area contributed by atoms with Crippen LogP contribution < -0.4 is 0 Å². The maximum Gasteiger partial charge on any atom is 0.144 e. The summed E-state index contributed by atoms with van der Waals surface area (Å²) in [5.41, 5.74) is 8.56. The number of imidazole rings is 1. The summed E-state index contributed by atoms with van der Waals surface area (Å²) in [6.07, 6.45) is 1.70. The van der Waals surface area contributed by atoms with Gasteiger partial charge in [0.1, 0.15) is 17.6 Å². The number of fused-ring (bicyclic) bond motifs is 1. The summed E-state index contributed by atoms with van der Waals surface area (Å²) in [5, 5.41) is 20.3. The van der Waals surface area contributed by atoms with Crippen molar-refractivity contribution >= 4 is 11.0 Å². The molecule has 2 heterocycles. The highest BCUT2D eigenvalue weighted by atomic mass is 16.3. The first-order chi connectivity index (χ1) is 18.1. The van der Waals surface area contributed by atoms with Crippen LogP contribution in [0.5, 0.6) is 5.75 Å². The summed E-state index contributed by atoms with van der Waals surface area (Å²) < 4.78 is 2.01. The minimum Gasteiger partial charge on any atom is -0.507 e. The van der Waals surface area contributed by atoms with Crippen molar-refractivity contribution in [1.29, 1.82) is 5.26 Å². The monoisotopic (exact) mass is 478 g/mol. The quantitative estimate of drug-likeness (QED) is 0.290. The van der Waals surface area contributed by atoms with Crippen LogP contribution in [-0.4, -0.2) is 19.6 Å². The predicted molar refractivity (Wildman–Crippen MR) is 147 cm³/mol. The molecule has 6 rings (SSSR count). The summed E-state index contributed by atoms with van der Waals surface area (Å²) in [6, 6.07) is 35.6. The van der Waals surface area contributed by atoms with E-state index in [9.17, 15) is 10.4 Å². The van der Waals surface area contributed by atoms with Crippen LogP contribution in [0.2, 0.25) is 0 Å². The zero-order chi connectivity index (χ0) is 25.4. The Morgan fingerprint density at radius 2 is 1.51 bits per heavy atom. The van der Waals surface area contributed by atoms with Gasteiger partial charge in [-0.15, -0.1) is 0 Å². The average Bonchev–Trinajstić information content (AvgIpc) is 3.30. The lowest BCUT2D eigenvalue weighted by atomic mass is 9.99. The largest absolute Gasteiger partial charge is 0.507 e. The van der Waals surface area contributed by atoms with E-state index in [1.807, 2.05) is 84.4 Å². The number of aryl methyl sites for hydroxylation is 1. The van der Waals surface area contributed by atoms with Gasteiger partial charge in [0.05, 0.1) is 27.9 Å². The highest BCUT2D eigenvalue weighted by molar-refractivity contribution is 5.95. The number of phenols is 1. The zero-order valence-corrected chi connectivity index (χ0v) is 20.1. The van der Waals surface area contributed by atoms with Crippen LogP contribution in [0.4, 0.5) is 0 Å². The Labute approximate surface area is 214 Å². The van der Waals surface area contributed by atoms with Crippen molar-refractivity contribution in [3.8, 4) is 56.7 Å². The normalized spacial score (nSPS) is 10.9. The molecule has 0 radical (unpaired) electrons. The van der Waals surface area contributed by atoms with Crippen molar-refractivity contribution in [2.24, 2.45) is 7.05 Å². The van der Waals surface area contributed by atoms with Crippen molar-refractivity contribution in [3.63, 3.8) is 0 Å². The molecular weight excluding hydrogens is 456 g/mol. The van der Waals surface area contributed by atoms with Gasteiger partial charge in [0.15, 0.2) is 0 Å². The van der Waals surface area contributed by atoms with Crippen molar-refractivity contribution in [1.82, 2.24) is 14.5 Å². The fourth-order valence-corrected chi connectivity index (χ4v) is 4.77. The van der Waals surface area contributed by atoms with E-state index < -0.39 is 0 Å². The molecular formula is C32H22N4O. The van der Waals surface area contributed by atoms with Crippen LogP contribution in [-0.2, 0) is 7.05 Å². The van der Waals surface area contributed by atoms with Crippen LogP contribution >= 0.6 is 0 Å². The molecule has 37 heavy (non-hydrogen) atoms. The average molecular weight is 479 g/mol.